The van der Waals surface area contributed by atoms with Gasteiger partial charge in [0.1, 0.15) is 0 Å². The zero-order valence-corrected chi connectivity index (χ0v) is 16.0. The van der Waals surface area contributed by atoms with Crippen molar-refractivity contribution in [2.75, 3.05) is 40.3 Å². The van der Waals surface area contributed by atoms with Crippen molar-refractivity contribution >= 4 is 5.91 Å². The lowest BCUT2D eigenvalue weighted by atomic mass is 10.0. The minimum atomic E-state index is 0.173. The molecule has 4 nitrogen and oxygen atoms in total. The molecule has 1 aliphatic rings. The van der Waals surface area contributed by atoms with Crippen molar-refractivity contribution in [3.8, 4) is 0 Å². The summed E-state index contributed by atoms with van der Waals surface area (Å²) in [6.07, 6.45) is 7.50. The number of hydrogen-bond acceptors (Lipinski definition) is 3. The van der Waals surface area contributed by atoms with Gasteiger partial charge in [-0.15, -0.1) is 0 Å². The Morgan fingerprint density at radius 3 is 2.60 bits per heavy atom. The van der Waals surface area contributed by atoms with Crippen molar-refractivity contribution in [3.05, 3.63) is 35.9 Å². The molecule has 0 aliphatic carbocycles. The number of amides is 1. The smallest absolute Gasteiger partial charge is 0.220 e. The monoisotopic (exact) mass is 345 g/mol. The van der Waals surface area contributed by atoms with Crippen molar-refractivity contribution in [1.82, 2.24) is 15.1 Å². The Labute approximate surface area is 153 Å². The molecule has 0 spiro atoms. The fraction of sp³-hybridized carbons (Fsp3) is 0.667. The van der Waals surface area contributed by atoms with Crippen LogP contribution in [0.2, 0.25) is 0 Å². The largest absolute Gasteiger partial charge is 0.356 e. The van der Waals surface area contributed by atoms with E-state index in [1.807, 2.05) is 18.2 Å². The Hall–Kier alpha value is -1.39. The number of benzene rings is 1. The van der Waals surface area contributed by atoms with E-state index >= 15 is 0 Å². The Kier molecular flexibility index (Phi) is 8.98. The van der Waals surface area contributed by atoms with Crippen LogP contribution in [0.15, 0.2) is 30.3 Å². The summed E-state index contributed by atoms with van der Waals surface area (Å²) in [5.41, 5.74) is 1.23. The summed E-state index contributed by atoms with van der Waals surface area (Å²) in [6.45, 7) is 4.44. The predicted octanol–water partition coefficient (Wildman–Crippen LogP) is 2.93. The summed E-state index contributed by atoms with van der Waals surface area (Å²) in [7, 11) is 4.48. The average Bonchev–Trinajstić information content (AvgIpc) is 2.64. The molecule has 1 heterocycles. The second-order valence-electron chi connectivity index (χ2n) is 7.41. The van der Waals surface area contributed by atoms with Crippen LogP contribution in [-0.4, -0.2) is 62.0 Å². The molecule has 1 saturated heterocycles. The van der Waals surface area contributed by atoms with Crippen LogP contribution in [0.25, 0.3) is 0 Å². The molecule has 0 saturated carbocycles. The molecule has 1 aromatic rings. The van der Waals surface area contributed by atoms with Crippen LogP contribution >= 0.6 is 0 Å². The third-order valence-electron chi connectivity index (χ3n) is 5.30. The first-order valence-corrected chi connectivity index (χ1v) is 9.84. The van der Waals surface area contributed by atoms with Gasteiger partial charge in [0.15, 0.2) is 0 Å². The van der Waals surface area contributed by atoms with Gasteiger partial charge in [0.2, 0.25) is 5.91 Å². The zero-order chi connectivity index (χ0) is 17.9. The van der Waals surface area contributed by atoms with Crippen molar-refractivity contribution < 1.29 is 4.79 Å². The summed E-state index contributed by atoms with van der Waals surface area (Å²) < 4.78 is 0. The lowest BCUT2D eigenvalue weighted by Gasteiger charge is -2.35. The number of likely N-dealkylation sites (tertiary alicyclic amines) is 1. The molecule has 2 rings (SSSR count). The van der Waals surface area contributed by atoms with Crippen molar-refractivity contribution in [2.24, 2.45) is 0 Å². The molecule has 1 aromatic carbocycles. The van der Waals surface area contributed by atoms with Gasteiger partial charge in [-0.25, -0.2) is 0 Å². The number of nitrogens with one attached hydrogen (secondary N) is 1. The first kappa shape index (κ1) is 19.9. The molecule has 1 fully saturated rings. The normalized spacial score (nSPS) is 16.3. The maximum atomic E-state index is 11.9. The zero-order valence-electron chi connectivity index (χ0n) is 16.0. The highest BCUT2D eigenvalue weighted by Gasteiger charge is 2.19. The molecular formula is C21H35N3O. The van der Waals surface area contributed by atoms with Crippen LogP contribution in [0.5, 0.6) is 0 Å². The van der Waals surface area contributed by atoms with Crippen LogP contribution in [0.1, 0.15) is 44.1 Å². The number of nitrogens with zero attached hydrogens (tertiary/aromatic N) is 2. The summed E-state index contributed by atoms with van der Waals surface area (Å²) in [5.74, 6) is 0.173. The van der Waals surface area contributed by atoms with E-state index in [-0.39, 0.29) is 5.91 Å². The molecule has 1 aliphatic heterocycles. The number of piperidine rings is 1. The second-order valence-corrected chi connectivity index (χ2v) is 7.41. The fourth-order valence-corrected chi connectivity index (χ4v) is 3.50. The summed E-state index contributed by atoms with van der Waals surface area (Å²) >= 11 is 0. The SMILES string of the molecule is CN1CCC(N(C)CCCCCNC(=O)CCc2ccccc2)CC1. The Morgan fingerprint density at radius 1 is 1.16 bits per heavy atom. The lowest BCUT2D eigenvalue weighted by molar-refractivity contribution is -0.121. The quantitative estimate of drug-likeness (QED) is 0.662. The highest BCUT2D eigenvalue weighted by atomic mass is 16.1. The second kappa shape index (κ2) is 11.3. The number of aryl methyl sites for hydroxylation is 1. The number of hydrogen-bond donors (Lipinski definition) is 1. The maximum Gasteiger partial charge on any atom is 0.220 e. The highest BCUT2D eigenvalue weighted by molar-refractivity contribution is 5.76. The van der Waals surface area contributed by atoms with Crippen LogP contribution in [0.3, 0.4) is 0 Å². The van der Waals surface area contributed by atoms with Gasteiger partial charge in [-0.3, -0.25) is 4.79 Å². The van der Waals surface area contributed by atoms with E-state index in [1.54, 1.807) is 0 Å². The van der Waals surface area contributed by atoms with Gasteiger partial charge in [0, 0.05) is 19.0 Å². The van der Waals surface area contributed by atoms with Gasteiger partial charge in [-0.1, -0.05) is 36.8 Å². The molecule has 1 N–H and O–H groups in total. The molecular weight excluding hydrogens is 310 g/mol. The molecule has 0 radical (unpaired) electrons. The van der Waals surface area contributed by atoms with Crippen LogP contribution in [0.4, 0.5) is 0 Å². The Balaban J connectivity index is 1.45. The van der Waals surface area contributed by atoms with Gasteiger partial charge in [-0.2, -0.15) is 0 Å². The van der Waals surface area contributed by atoms with E-state index < -0.39 is 0 Å². The Morgan fingerprint density at radius 2 is 1.88 bits per heavy atom. The van der Waals surface area contributed by atoms with Gasteiger partial charge in [0.25, 0.3) is 0 Å². The molecule has 4 heteroatoms. The first-order chi connectivity index (χ1) is 12.1. The predicted molar refractivity (Wildman–Crippen MR) is 105 cm³/mol. The third kappa shape index (κ3) is 8.02. The number of unbranched alkanes of at least 4 members (excludes halogenated alkanes) is 2. The minimum Gasteiger partial charge on any atom is -0.356 e. The molecule has 1 amide bonds. The molecule has 0 unspecified atom stereocenters. The van der Waals surface area contributed by atoms with E-state index in [2.05, 4.69) is 41.3 Å². The van der Waals surface area contributed by atoms with Gasteiger partial charge in [-0.05, 0) is 71.4 Å². The lowest BCUT2D eigenvalue weighted by Crippen LogP contribution is -2.42. The highest BCUT2D eigenvalue weighted by Crippen LogP contribution is 2.14. The first-order valence-electron chi connectivity index (χ1n) is 9.84. The van der Waals surface area contributed by atoms with Gasteiger partial charge < -0.3 is 15.1 Å². The minimum absolute atomic E-state index is 0.173. The number of carbonyl (C=O) groups is 1. The maximum absolute atomic E-state index is 11.9. The Bertz CT molecular complexity index is 483. The number of carbonyl (C=O) groups excluding carboxylic acids is 1. The third-order valence-corrected chi connectivity index (χ3v) is 5.30. The average molecular weight is 346 g/mol. The van der Waals surface area contributed by atoms with Crippen LogP contribution in [0, 0.1) is 0 Å². The molecule has 25 heavy (non-hydrogen) atoms. The van der Waals surface area contributed by atoms with Crippen LogP contribution in [-0.2, 0) is 11.2 Å². The van der Waals surface area contributed by atoms with E-state index in [0.29, 0.717) is 6.42 Å². The number of rotatable bonds is 10. The topological polar surface area (TPSA) is 35.6 Å². The molecule has 0 bridgehead atoms. The molecule has 140 valence electrons. The van der Waals surface area contributed by atoms with E-state index in [9.17, 15) is 4.79 Å². The summed E-state index contributed by atoms with van der Waals surface area (Å²) in [6, 6.07) is 11.0. The van der Waals surface area contributed by atoms with E-state index in [0.717, 1.165) is 25.4 Å². The molecule has 0 atom stereocenters. The van der Waals surface area contributed by atoms with Crippen molar-refractivity contribution in [2.45, 2.75) is 51.0 Å². The van der Waals surface area contributed by atoms with Crippen LogP contribution < -0.4 is 5.32 Å². The van der Waals surface area contributed by atoms with Crippen molar-refractivity contribution in [3.63, 3.8) is 0 Å². The van der Waals surface area contributed by atoms with Gasteiger partial charge >= 0.3 is 0 Å². The molecule has 0 aromatic heterocycles. The summed E-state index contributed by atoms with van der Waals surface area (Å²) in [4.78, 5) is 16.8. The van der Waals surface area contributed by atoms with Crippen molar-refractivity contribution in [1.29, 1.82) is 0 Å². The van der Waals surface area contributed by atoms with E-state index in [4.69, 9.17) is 0 Å². The fourth-order valence-electron chi connectivity index (χ4n) is 3.50. The van der Waals surface area contributed by atoms with Gasteiger partial charge in [0.05, 0.1) is 0 Å². The summed E-state index contributed by atoms with van der Waals surface area (Å²) in [5, 5.41) is 3.05. The standard InChI is InChI=1S/C21H35N3O/c1-23-17-13-20(14-18-23)24(2)16-8-4-7-15-22-21(25)12-11-19-9-5-3-6-10-19/h3,5-6,9-10,20H,4,7-8,11-18H2,1-2H3,(H,22,25). The van der Waals surface area contributed by atoms with E-state index in [1.165, 1.54) is 50.9 Å².